The lowest BCUT2D eigenvalue weighted by molar-refractivity contribution is -0.0337. The molecule has 1 fully saturated rings. The van der Waals surface area contributed by atoms with Crippen LogP contribution in [0.5, 0.6) is 5.75 Å². The molecule has 0 saturated carbocycles. The Hall–Kier alpha value is -1.22. The van der Waals surface area contributed by atoms with Gasteiger partial charge in [-0.2, -0.15) is 0 Å². The highest BCUT2D eigenvalue weighted by Gasteiger charge is 2.24. The highest BCUT2D eigenvalue weighted by atomic mass is 16.5. The number of anilines is 1. The van der Waals surface area contributed by atoms with Gasteiger partial charge in [-0.3, -0.25) is 0 Å². The fourth-order valence-corrected chi connectivity index (χ4v) is 3.04. The van der Waals surface area contributed by atoms with Gasteiger partial charge in [0.25, 0.3) is 0 Å². The SMILES string of the molecule is CC1CC(Nc2ccc3c(c2)CCO3)CC(C)O1. The van der Waals surface area contributed by atoms with Crippen LogP contribution in [0, 0.1) is 0 Å². The Labute approximate surface area is 108 Å². The number of hydrogen-bond acceptors (Lipinski definition) is 3. The Bertz CT molecular complexity index is 423. The Morgan fingerprint density at radius 3 is 2.72 bits per heavy atom. The van der Waals surface area contributed by atoms with Gasteiger partial charge in [0.05, 0.1) is 18.8 Å². The van der Waals surface area contributed by atoms with Crippen molar-refractivity contribution in [1.82, 2.24) is 0 Å². The average molecular weight is 247 g/mol. The molecule has 0 aromatic heterocycles. The molecule has 3 rings (SSSR count). The molecule has 2 unspecified atom stereocenters. The van der Waals surface area contributed by atoms with Crippen LogP contribution >= 0.6 is 0 Å². The molecule has 3 heteroatoms. The van der Waals surface area contributed by atoms with E-state index in [4.69, 9.17) is 9.47 Å². The Morgan fingerprint density at radius 1 is 1.17 bits per heavy atom. The summed E-state index contributed by atoms with van der Waals surface area (Å²) < 4.78 is 11.3. The number of hydrogen-bond donors (Lipinski definition) is 1. The van der Waals surface area contributed by atoms with Gasteiger partial charge in [0, 0.05) is 18.2 Å². The number of ether oxygens (including phenoxy) is 2. The maximum Gasteiger partial charge on any atom is 0.122 e. The van der Waals surface area contributed by atoms with Gasteiger partial charge in [-0.05, 0) is 50.5 Å². The average Bonchev–Trinajstić information content (AvgIpc) is 2.74. The van der Waals surface area contributed by atoms with Gasteiger partial charge in [0.1, 0.15) is 5.75 Å². The smallest absolute Gasteiger partial charge is 0.122 e. The van der Waals surface area contributed by atoms with Crippen LogP contribution in [0.3, 0.4) is 0 Å². The van der Waals surface area contributed by atoms with Gasteiger partial charge in [-0.1, -0.05) is 0 Å². The van der Waals surface area contributed by atoms with Crippen LogP contribution < -0.4 is 10.1 Å². The summed E-state index contributed by atoms with van der Waals surface area (Å²) >= 11 is 0. The molecule has 0 amide bonds. The van der Waals surface area contributed by atoms with Gasteiger partial charge in [0.15, 0.2) is 0 Å². The van der Waals surface area contributed by atoms with E-state index in [1.807, 2.05) is 0 Å². The molecule has 1 saturated heterocycles. The van der Waals surface area contributed by atoms with E-state index in [9.17, 15) is 0 Å². The molecule has 18 heavy (non-hydrogen) atoms. The largest absolute Gasteiger partial charge is 0.493 e. The quantitative estimate of drug-likeness (QED) is 0.871. The van der Waals surface area contributed by atoms with E-state index >= 15 is 0 Å². The van der Waals surface area contributed by atoms with E-state index in [0.29, 0.717) is 18.2 Å². The monoisotopic (exact) mass is 247 g/mol. The molecule has 1 aromatic rings. The molecule has 0 bridgehead atoms. The third kappa shape index (κ3) is 2.46. The molecule has 98 valence electrons. The molecule has 0 aliphatic carbocycles. The van der Waals surface area contributed by atoms with Crippen LogP contribution in [0.25, 0.3) is 0 Å². The van der Waals surface area contributed by atoms with E-state index in [2.05, 4.69) is 37.4 Å². The summed E-state index contributed by atoms with van der Waals surface area (Å²) in [6.45, 7) is 5.13. The van der Waals surface area contributed by atoms with Crippen molar-refractivity contribution < 1.29 is 9.47 Å². The summed E-state index contributed by atoms with van der Waals surface area (Å²) in [5.41, 5.74) is 2.54. The number of fused-ring (bicyclic) bond motifs is 1. The van der Waals surface area contributed by atoms with Crippen LogP contribution in [-0.2, 0) is 11.2 Å². The van der Waals surface area contributed by atoms with Crippen LogP contribution in [0.4, 0.5) is 5.69 Å². The number of benzene rings is 1. The fraction of sp³-hybridized carbons (Fsp3) is 0.600. The minimum Gasteiger partial charge on any atom is -0.493 e. The van der Waals surface area contributed by atoms with Gasteiger partial charge < -0.3 is 14.8 Å². The zero-order chi connectivity index (χ0) is 12.5. The molecule has 2 atom stereocenters. The normalized spacial score (nSPS) is 30.7. The zero-order valence-corrected chi connectivity index (χ0v) is 11.1. The van der Waals surface area contributed by atoms with E-state index in [1.165, 1.54) is 11.3 Å². The summed E-state index contributed by atoms with van der Waals surface area (Å²) in [5, 5.41) is 3.64. The molecule has 2 aliphatic rings. The van der Waals surface area contributed by atoms with Crippen molar-refractivity contribution in [2.24, 2.45) is 0 Å². The van der Waals surface area contributed by atoms with Crippen molar-refractivity contribution in [2.45, 2.75) is 51.4 Å². The molecule has 1 aromatic carbocycles. The van der Waals surface area contributed by atoms with E-state index < -0.39 is 0 Å². The maximum absolute atomic E-state index is 5.77. The zero-order valence-electron chi connectivity index (χ0n) is 11.1. The van der Waals surface area contributed by atoms with Crippen LogP contribution in [-0.4, -0.2) is 24.9 Å². The molecule has 2 heterocycles. The Morgan fingerprint density at radius 2 is 1.94 bits per heavy atom. The molecule has 1 N–H and O–H groups in total. The van der Waals surface area contributed by atoms with Crippen molar-refractivity contribution in [3.8, 4) is 5.75 Å². The van der Waals surface area contributed by atoms with Gasteiger partial charge in [0.2, 0.25) is 0 Å². The summed E-state index contributed by atoms with van der Waals surface area (Å²) in [4.78, 5) is 0. The predicted molar refractivity (Wildman–Crippen MR) is 72.3 cm³/mol. The maximum atomic E-state index is 5.77. The molecule has 3 nitrogen and oxygen atoms in total. The first-order valence-corrected chi connectivity index (χ1v) is 6.88. The van der Waals surface area contributed by atoms with E-state index in [1.54, 1.807) is 0 Å². The third-order valence-electron chi connectivity index (χ3n) is 3.76. The third-order valence-corrected chi connectivity index (χ3v) is 3.76. The summed E-state index contributed by atoms with van der Waals surface area (Å²) in [5.74, 6) is 1.05. The highest BCUT2D eigenvalue weighted by Crippen LogP contribution is 2.29. The minimum atomic E-state index is 0.351. The van der Waals surface area contributed by atoms with Gasteiger partial charge in [-0.15, -0.1) is 0 Å². The highest BCUT2D eigenvalue weighted by molar-refractivity contribution is 5.53. The van der Waals surface area contributed by atoms with Crippen molar-refractivity contribution in [3.63, 3.8) is 0 Å². The number of nitrogens with one attached hydrogen (secondary N) is 1. The lowest BCUT2D eigenvalue weighted by Gasteiger charge is -2.33. The first-order valence-electron chi connectivity index (χ1n) is 6.88. The fourth-order valence-electron chi connectivity index (χ4n) is 3.04. The minimum absolute atomic E-state index is 0.351. The summed E-state index contributed by atoms with van der Waals surface area (Å²) in [6.07, 6.45) is 3.90. The first-order chi connectivity index (χ1) is 8.70. The topological polar surface area (TPSA) is 30.5 Å². The molecule has 2 aliphatic heterocycles. The summed E-state index contributed by atoms with van der Waals surface area (Å²) in [6, 6.07) is 6.95. The second-order valence-electron chi connectivity index (χ2n) is 5.49. The van der Waals surface area contributed by atoms with Crippen LogP contribution in [0.1, 0.15) is 32.3 Å². The molecular weight excluding hydrogens is 226 g/mol. The predicted octanol–water partition coefficient (Wildman–Crippen LogP) is 2.99. The standard InChI is InChI=1S/C15H21NO2/c1-10-7-14(8-11(2)18-10)16-13-3-4-15-12(9-13)5-6-17-15/h3-4,9-11,14,16H,5-8H2,1-2H3. The lowest BCUT2D eigenvalue weighted by Crippen LogP contribution is -2.36. The van der Waals surface area contributed by atoms with Crippen molar-refractivity contribution >= 4 is 5.69 Å². The molecular formula is C15H21NO2. The van der Waals surface area contributed by atoms with Crippen LogP contribution in [0.15, 0.2) is 18.2 Å². The van der Waals surface area contributed by atoms with Crippen molar-refractivity contribution in [2.75, 3.05) is 11.9 Å². The second-order valence-corrected chi connectivity index (χ2v) is 5.49. The molecule has 0 spiro atoms. The number of rotatable bonds is 2. The second kappa shape index (κ2) is 4.81. The van der Waals surface area contributed by atoms with E-state index in [-0.39, 0.29) is 0 Å². The Kier molecular flexibility index (Phi) is 3.16. The first kappa shape index (κ1) is 11.8. The lowest BCUT2D eigenvalue weighted by atomic mass is 9.99. The summed E-state index contributed by atoms with van der Waals surface area (Å²) in [7, 11) is 0. The van der Waals surface area contributed by atoms with Crippen LogP contribution in [0.2, 0.25) is 0 Å². The van der Waals surface area contributed by atoms with Gasteiger partial charge in [-0.25, -0.2) is 0 Å². The Balaban J connectivity index is 1.69. The van der Waals surface area contributed by atoms with Gasteiger partial charge >= 0.3 is 0 Å². The van der Waals surface area contributed by atoms with Crippen molar-refractivity contribution in [1.29, 1.82) is 0 Å². The van der Waals surface area contributed by atoms with Crippen molar-refractivity contribution in [3.05, 3.63) is 23.8 Å². The van der Waals surface area contributed by atoms with E-state index in [0.717, 1.165) is 31.6 Å². The molecule has 0 radical (unpaired) electrons.